The van der Waals surface area contributed by atoms with Crippen molar-refractivity contribution in [2.24, 2.45) is 5.92 Å². The van der Waals surface area contributed by atoms with E-state index in [2.05, 4.69) is 25.2 Å². The van der Waals surface area contributed by atoms with Gasteiger partial charge in [-0.15, -0.1) is 0 Å². The molecule has 2 aromatic heterocycles. The largest absolute Gasteiger partial charge is 0.444 e. The van der Waals surface area contributed by atoms with Crippen molar-refractivity contribution < 1.29 is 18.3 Å². The van der Waals surface area contributed by atoms with Crippen LogP contribution in [0.3, 0.4) is 0 Å². The molecule has 9 heteroatoms. The normalized spacial score (nSPS) is 14.1. The predicted octanol–water partition coefficient (Wildman–Crippen LogP) is 5.53. The average molecular weight is 492 g/mol. The molecule has 0 radical (unpaired) electrons. The van der Waals surface area contributed by atoms with Gasteiger partial charge in [0, 0.05) is 49.6 Å². The topological polar surface area (TPSA) is 83.1 Å². The summed E-state index contributed by atoms with van der Waals surface area (Å²) in [6.45, 7) is 7.34. The molecule has 0 aliphatic carbocycles. The standard InChI is InChI=1S/C27H27F2N5O2/c1-27(2,3)36-26(35)31-11-16-14-34(15-16)24-19(17-7-5-4-6-8-17)12-30-13-20(24)25-32-22-10-18(28)9-21(29)23(22)33-25/h4-10,12-13,16H,11,14-15H2,1-3H3,(H,31,35)(H,32,33). The Hall–Kier alpha value is -4.01. The fourth-order valence-electron chi connectivity index (χ4n) is 4.39. The number of pyridine rings is 1. The van der Waals surface area contributed by atoms with Gasteiger partial charge in [0.05, 0.1) is 16.8 Å². The second-order valence-corrected chi connectivity index (χ2v) is 9.97. The lowest BCUT2D eigenvalue weighted by Crippen LogP contribution is -2.52. The minimum Gasteiger partial charge on any atom is -0.444 e. The highest BCUT2D eigenvalue weighted by molar-refractivity contribution is 5.91. The zero-order valence-electron chi connectivity index (χ0n) is 20.3. The molecule has 1 saturated heterocycles. The first-order chi connectivity index (χ1) is 17.2. The minimum atomic E-state index is -0.724. The first-order valence-electron chi connectivity index (χ1n) is 11.8. The van der Waals surface area contributed by atoms with Crippen LogP contribution < -0.4 is 10.2 Å². The lowest BCUT2D eigenvalue weighted by atomic mass is 9.94. The molecule has 1 fully saturated rings. The van der Waals surface area contributed by atoms with E-state index in [-0.39, 0.29) is 17.0 Å². The van der Waals surface area contributed by atoms with Crippen LogP contribution in [0.25, 0.3) is 33.5 Å². The Kier molecular flexibility index (Phi) is 6.07. The molecule has 0 spiro atoms. The molecule has 1 amide bonds. The van der Waals surface area contributed by atoms with Crippen LogP contribution in [0.4, 0.5) is 19.3 Å². The molecule has 1 aliphatic rings. The summed E-state index contributed by atoms with van der Waals surface area (Å²) in [7, 11) is 0. The van der Waals surface area contributed by atoms with E-state index in [1.165, 1.54) is 6.07 Å². The maximum Gasteiger partial charge on any atom is 0.407 e. The number of hydrogen-bond donors (Lipinski definition) is 2. The summed E-state index contributed by atoms with van der Waals surface area (Å²) in [6, 6.07) is 11.9. The molecule has 2 aromatic carbocycles. The van der Waals surface area contributed by atoms with E-state index in [1.54, 1.807) is 12.4 Å². The van der Waals surface area contributed by atoms with Gasteiger partial charge in [-0.25, -0.2) is 18.6 Å². The molecule has 36 heavy (non-hydrogen) atoms. The van der Waals surface area contributed by atoms with Crippen LogP contribution in [0.2, 0.25) is 0 Å². The molecule has 0 atom stereocenters. The first kappa shape index (κ1) is 23.7. The number of aromatic nitrogens is 3. The zero-order chi connectivity index (χ0) is 25.4. The number of halogens is 2. The Bertz CT molecular complexity index is 1410. The third-order valence-electron chi connectivity index (χ3n) is 5.97. The van der Waals surface area contributed by atoms with Crippen molar-refractivity contribution in [3.8, 4) is 22.5 Å². The second kappa shape index (κ2) is 9.22. The molecule has 5 rings (SSSR count). The minimum absolute atomic E-state index is 0.0745. The van der Waals surface area contributed by atoms with E-state index in [1.807, 2.05) is 51.1 Å². The van der Waals surface area contributed by atoms with Crippen molar-refractivity contribution in [3.63, 3.8) is 0 Å². The Morgan fingerprint density at radius 3 is 2.58 bits per heavy atom. The number of aromatic amines is 1. The van der Waals surface area contributed by atoms with Gasteiger partial charge in [0.25, 0.3) is 0 Å². The first-order valence-corrected chi connectivity index (χ1v) is 11.8. The number of nitrogens with one attached hydrogen (secondary N) is 2. The van der Waals surface area contributed by atoms with Gasteiger partial charge in [-0.3, -0.25) is 4.98 Å². The van der Waals surface area contributed by atoms with Gasteiger partial charge in [-0.05, 0) is 32.4 Å². The average Bonchev–Trinajstić information content (AvgIpc) is 3.21. The molecular weight excluding hydrogens is 464 g/mol. The van der Waals surface area contributed by atoms with Gasteiger partial charge >= 0.3 is 6.09 Å². The van der Waals surface area contributed by atoms with Crippen LogP contribution in [0, 0.1) is 17.6 Å². The summed E-state index contributed by atoms with van der Waals surface area (Å²) < 4.78 is 33.5. The molecule has 7 nitrogen and oxygen atoms in total. The second-order valence-electron chi connectivity index (χ2n) is 9.97. The number of alkyl carbamates (subject to hydrolysis) is 1. The SMILES string of the molecule is CC(C)(C)OC(=O)NCC1CN(c2c(-c3ccccc3)cncc2-c2nc3c(F)cc(F)cc3[nH]2)C1. The maximum absolute atomic E-state index is 14.4. The van der Waals surface area contributed by atoms with Crippen molar-refractivity contribution in [1.29, 1.82) is 0 Å². The highest BCUT2D eigenvalue weighted by Crippen LogP contribution is 2.41. The monoisotopic (exact) mass is 491 g/mol. The Morgan fingerprint density at radius 1 is 1.14 bits per heavy atom. The number of benzene rings is 2. The van der Waals surface area contributed by atoms with Gasteiger partial charge < -0.3 is 19.9 Å². The lowest BCUT2D eigenvalue weighted by molar-refractivity contribution is 0.0516. The van der Waals surface area contributed by atoms with E-state index in [0.717, 1.165) is 22.9 Å². The van der Waals surface area contributed by atoms with E-state index in [4.69, 9.17) is 4.74 Å². The molecule has 186 valence electrons. The summed E-state index contributed by atoms with van der Waals surface area (Å²) >= 11 is 0. The molecule has 3 heterocycles. The van der Waals surface area contributed by atoms with Crippen LogP contribution >= 0.6 is 0 Å². The van der Waals surface area contributed by atoms with E-state index in [9.17, 15) is 13.6 Å². The van der Waals surface area contributed by atoms with Crippen molar-refractivity contribution in [2.75, 3.05) is 24.5 Å². The fourth-order valence-corrected chi connectivity index (χ4v) is 4.39. The Balaban J connectivity index is 1.46. The summed E-state index contributed by atoms with van der Waals surface area (Å²) in [4.78, 5) is 26.2. The van der Waals surface area contributed by atoms with Crippen LogP contribution in [0.1, 0.15) is 20.8 Å². The number of rotatable bonds is 5. The number of fused-ring (bicyclic) bond motifs is 1. The van der Waals surface area contributed by atoms with Gasteiger partial charge in [0.2, 0.25) is 0 Å². The van der Waals surface area contributed by atoms with Crippen molar-refractivity contribution >= 4 is 22.8 Å². The Labute approximate surface area is 207 Å². The van der Waals surface area contributed by atoms with E-state index >= 15 is 0 Å². The number of amides is 1. The van der Waals surface area contributed by atoms with Crippen molar-refractivity contribution in [3.05, 3.63) is 66.5 Å². The number of imidazole rings is 1. The smallest absolute Gasteiger partial charge is 0.407 e. The highest BCUT2D eigenvalue weighted by Gasteiger charge is 2.32. The number of carbonyl (C=O) groups excluding carboxylic acids is 1. The lowest BCUT2D eigenvalue weighted by Gasteiger charge is -2.42. The number of nitrogens with zero attached hydrogens (tertiary/aromatic N) is 3. The van der Waals surface area contributed by atoms with Crippen LogP contribution in [-0.4, -0.2) is 46.3 Å². The number of H-pyrrole nitrogens is 1. The van der Waals surface area contributed by atoms with Crippen molar-refractivity contribution in [1.82, 2.24) is 20.3 Å². The Morgan fingerprint density at radius 2 is 1.86 bits per heavy atom. The van der Waals surface area contributed by atoms with E-state index in [0.29, 0.717) is 31.0 Å². The zero-order valence-corrected chi connectivity index (χ0v) is 20.3. The summed E-state index contributed by atoms with van der Waals surface area (Å²) in [5.41, 5.74) is 3.26. The van der Waals surface area contributed by atoms with Crippen molar-refractivity contribution in [2.45, 2.75) is 26.4 Å². The third kappa shape index (κ3) is 4.86. The third-order valence-corrected chi connectivity index (χ3v) is 5.97. The van der Waals surface area contributed by atoms with Crippen LogP contribution in [-0.2, 0) is 4.74 Å². The molecule has 0 unspecified atom stereocenters. The maximum atomic E-state index is 14.4. The van der Waals surface area contributed by atoms with E-state index < -0.39 is 23.3 Å². The number of hydrogen-bond acceptors (Lipinski definition) is 5. The molecule has 0 bridgehead atoms. The number of carbonyl (C=O) groups is 1. The fraction of sp³-hybridized carbons (Fsp3) is 0.296. The molecule has 1 aliphatic heterocycles. The summed E-state index contributed by atoms with van der Waals surface area (Å²) in [5.74, 6) is -0.761. The number of anilines is 1. The molecule has 0 saturated carbocycles. The summed E-state index contributed by atoms with van der Waals surface area (Å²) in [6.07, 6.45) is 3.04. The van der Waals surface area contributed by atoms with Gasteiger partial charge in [-0.1, -0.05) is 30.3 Å². The van der Waals surface area contributed by atoms with Gasteiger partial charge in [-0.2, -0.15) is 0 Å². The van der Waals surface area contributed by atoms with Crippen LogP contribution in [0.15, 0.2) is 54.9 Å². The molecular formula is C27H27F2N5O2. The molecule has 2 N–H and O–H groups in total. The number of ether oxygens (including phenoxy) is 1. The summed E-state index contributed by atoms with van der Waals surface area (Å²) in [5, 5.41) is 2.84. The van der Waals surface area contributed by atoms with Gasteiger partial charge in [0.1, 0.15) is 22.8 Å². The van der Waals surface area contributed by atoms with Gasteiger partial charge in [0.15, 0.2) is 5.82 Å². The quantitative estimate of drug-likeness (QED) is 0.384. The predicted molar refractivity (Wildman–Crippen MR) is 135 cm³/mol. The van der Waals surface area contributed by atoms with Crippen LogP contribution in [0.5, 0.6) is 0 Å². The molecule has 4 aromatic rings. The highest BCUT2D eigenvalue weighted by atomic mass is 19.1.